The lowest BCUT2D eigenvalue weighted by molar-refractivity contribution is -0.137. The number of carboxylic acid groups (broad SMARTS) is 1. The zero-order valence-electron chi connectivity index (χ0n) is 8.81. The molecule has 1 fully saturated rings. The molecule has 0 spiro atoms. The molecule has 0 amide bonds. The van der Waals surface area contributed by atoms with E-state index in [1.54, 1.807) is 18.2 Å². The fourth-order valence-electron chi connectivity index (χ4n) is 2.04. The molecule has 0 saturated heterocycles. The quantitative estimate of drug-likeness (QED) is 0.719. The SMILES string of the molecule is O=C(O)CC1(c2ccc(CO)c(O)c2)CC1. The average molecular weight is 222 g/mol. The summed E-state index contributed by atoms with van der Waals surface area (Å²) in [6, 6.07) is 5.01. The molecule has 0 unspecified atom stereocenters. The summed E-state index contributed by atoms with van der Waals surface area (Å²) in [7, 11) is 0. The van der Waals surface area contributed by atoms with Crippen LogP contribution in [0.1, 0.15) is 30.4 Å². The van der Waals surface area contributed by atoms with Gasteiger partial charge in [0.1, 0.15) is 5.75 Å². The van der Waals surface area contributed by atoms with Crippen molar-refractivity contribution in [2.75, 3.05) is 0 Å². The van der Waals surface area contributed by atoms with Crippen LogP contribution in [0.25, 0.3) is 0 Å². The number of hydrogen-bond donors (Lipinski definition) is 3. The van der Waals surface area contributed by atoms with Gasteiger partial charge in [0.15, 0.2) is 0 Å². The summed E-state index contributed by atoms with van der Waals surface area (Å²) in [5.74, 6) is -0.778. The van der Waals surface area contributed by atoms with Crippen LogP contribution in [0, 0.1) is 0 Å². The first kappa shape index (κ1) is 11.0. The van der Waals surface area contributed by atoms with Crippen LogP contribution < -0.4 is 0 Å². The molecule has 3 N–H and O–H groups in total. The minimum Gasteiger partial charge on any atom is -0.508 e. The molecule has 1 aliphatic carbocycles. The first-order chi connectivity index (χ1) is 7.57. The number of aliphatic hydroxyl groups is 1. The minimum absolute atomic E-state index is 0.0386. The number of aromatic hydroxyl groups is 1. The molecule has 0 bridgehead atoms. The number of carboxylic acids is 1. The van der Waals surface area contributed by atoms with Crippen LogP contribution in [0.2, 0.25) is 0 Å². The number of aliphatic hydroxyl groups excluding tert-OH is 1. The van der Waals surface area contributed by atoms with E-state index in [2.05, 4.69) is 0 Å². The second-order valence-corrected chi connectivity index (χ2v) is 4.35. The summed E-state index contributed by atoms with van der Waals surface area (Å²) in [4.78, 5) is 10.7. The van der Waals surface area contributed by atoms with Crippen LogP contribution in [0.4, 0.5) is 0 Å². The third-order valence-corrected chi connectivity index (χ3v) is 3.21. The first-order valence-electron chi connectivity index (χ1n) is 5.22. The molecule has 0 aromatic heterocycles. The molecule has 1 aromatic carbocycles. The highest BCUT2D eigenvalue weighted by Gasteiger charge is 2.46. The van der Waals surface area contributed by atoms with Crippen molar-refractivity contribution in [2.45, 2.75) is 31.3 Å². The molecular weight excluding hydrogens is 208 g/mol. The summed E-state index contributed by atoms with van der Waals surface area (Å²) >= 11 is 0. The molecule has 2 rings (SSSR count). The van der Waals surface area contributed by atoms with Crippen molar-refractivity contribution >= 4 is 5.97 Å². The number of carbonyl (C=O) groups is 1. The Kier molecular flexibility index (Phi) is 2.59. The summed E-state index contributed by atoms with van der Waals surface area (Å²) in [6.07, 6.45) is 1.79. The van der Waals surface area contributed by atoms with Gasteiger partial charge in [-0.15, -0.1) is 0 Å². The predicted molar refractivity (Wildman–Crippen MR) is 57.2 cm³/mol. The standard InChI is InChI=1S/C12H14O4/c13-7-8-1-2-9(5-10(8)14)12(3-4-12)6-11(15)16/h1-2,5,13-14H,3-4,6-7H2,(H,15,16). The zero-order valence-corrected chi connectivity index (χ0v) is 8.81. The van der Waals surface area contributed by atoms with Crippen molar-refractivity contribution in [2.24, 2.45) is 0 Å². The highest BCUT2D eigenvalue weighted by atomic mass is 16.4. The van der Waals surface area contributed by atoms with E-state index in [1.165, 1.54) is 0 Å². The number of hydrogen-bond acceptors (Lipinski definition) is 3. The fraction of sp³-hybridized carbons (Fsp3) is 0.417. The van der Waals surface area contributed by atoms with E-state index in [0.29, 0.717) is 5.56 Å². The van der Waals surface area contributed by atoms with Crippen LogP contribution in [-0.4, -0.2) is 21.3 Å². The molecule has 4 heteroatoms. The van der Waals surface area contributed by atoms with E-state index in [9.17, 15) is 9.90 Å². The van der Waals surface area contributed by atoms with Gasteiger partial charge in [0.25, 0.3) is 0 Å². The third-order valence-electron chi connectivity index (χ3n) is 3.21. The topological polar surface area (TPSA) is 77.8 Å². The second kappa shape index (κ2) is 3.79. The average Bonchev–Trinajstić information content (AvgIpc) is 2.98. The van der Waals surface area contributed by atoms with Crippen LogP contribution in [-0.2, 0) is 16.8 Å². The molecular formula is C12H14O4. The van der Waals surface area contributed by atoms with Gasteiger partial charge in [-0.3, -0.25) is 4.79 Å². The van der Waals surface area contributed by atoms with Crippen molar-refractivity contribution in [1.82, 2.24) is 0 Å². The third kappa shape index (κ3) is 1.88. The molecule has 0 aliphatic heterocycles. The van der Waals surface area contributed by atoms with Crippen molar-refractivity contribution in [3.05, 3.63) is 29.3 Å². The smallest absolute Gasteiger partial charge is 0.304 e. The molecule has 1 saturated carbocycles. The Morgan fingerprint density at radius 1 is 1.38 bits per heavy atom. The van der Waals surface area contributed by atoms with Gasteiger partial charge in [-0.05, 0) is 24.5 Å². The summed E-state index contributed by atoms with van der Waals surface area (Å²) < 4.78 is 0. The summed E-state index contributed by atoms with van der Waals surface area (Å²) in [5.41, 5.74) is 1.02. The van der Waals surface area contributed by atoms with E-state index in [4.69, 9.17) is 10.2 Å². The molecule has 0 heterocycles. The molecule has 0 radical (unpaired) electrons. The van der Waals surface area contributed by atoms with Gasteiger partial charge >= 0.3 is 5.97 Å². The first-order valence-corrected chi connectivity index (χ1v) is 5.22. The number of rotatable bonds is 4. The van der Waals surface area contributed by atoms with Gasteiger partial charge in [0.05, 0.1) is 13.0 Å². The lowest BCUT2D eigenvalue weighted by Crippen LogP contribution is -2.12. The number of aliphatic carboxylic acids is 1. The fourth-order valence-corrected chi connectivity index (χ4v) is 2.04. The zero-order chi connectivity index (χ0) is 11.8. The highest BCUT2D eigenvalue weighted by Crippen LogP contribution is 2.51. The molecule has 1 aliphatic rings. The number of phenols is 1. The van der Waals surface area contributed by atoms with E-state index < -0.39 is 5.97 Å². The summed E-state index contributed by atoms with van der Waals surface area (Å²) in [6.45, 7) is -0.210. The maximum absolute atomic E-state index is 10.7. The van der Waals surface area contributed by atoms with Gasteiger partial charge in [0, 0.05) is 11.0 Å². The Hall–Kier alpha value is -1.55. The lowest BCUT2D eigenvalue weighted by atomic mass is 9.91. The van der Waals surface area contributed by atoms with E-state index in [-0.39, 0.29) is 24.2 Å². The Balaban J connectivity index is 2.28. The number of benzene rings is 1. The second-order valence-electron chi connectivity index (χ2n) is 4.35. The molecule has 4 nitrogen and oxygen atoms in total. The maximum atomic E-state index is 10.7. The summed E-state index contributed by atoms with van der Waals surface area (Å²) in [5, 5.41) is 27.3. The van der Waals surface area contributed by atoms with Crippen LogP contribution >= 0.6 is 0 Å². The predicted octanol–water partition coefficient (Wildman–Crippen LogP) is 1.39. The van der Waals surface area contributed by atoms with Gasteiger partial charge in [-0.25, -0.2) is 0 Å². The molecule has 0 atom stereocenters. The van der Waals surface area contributed by atoms with Crippen LogP contribution in [0.15, 0.2) is 18.2 Å². The Morgan fingerprint density at radius 2 is 2.06 bits per heavy atom. The van der Waals surface area contributed by atoms with Crippen LogP contribution in [0.3, 0.4) is 0 Å². The molecule has 86 valence electrons. The Labute approximate surface area is 93.2 Å². The van der Waals surface area contributed by atoms with Gasteiger partial charge in [0.2, 0.25) is 0 Å². The maximum Gasteiger partial charge on any atom is 0.304 e. The van der Waals surface area contributed by atoms with Crippen molar-refractivity contribution < 1.29 is 20.1 Å². The van der Waals surface area contributed by atoms with E-state index in [1.807, 2.05) is 0 Å². The van der Waals surface area contributed by atoms with Gasteiger partial charge in [-0.2, -0.15) is 0 Å². The normalized spacial score (nSPS) is 17.1. The largest absolute Gasteiger partial charge is 0.508 e. The minimum atomic E-state index is -0.816. The molecule has 1 aromatic rings. The van der Waals surface area contributed by atoms with Gasteiger partial charge in [-0.1, -0.05) is 12.1 Å². The van der Waals surface area contributed by atoms with Gasteiger partial charge < -0.3 is 15.3 Å². The van der Waals surface area contributed by atoms with E-state index in [0.717, 1.165) is 18.4 Å². The lowest BCUT2D eigenvalue weighted by Gasteiger charge is -2.14. The Bertz CT molecular complexity index is 421. The van der Waals surface area contributed by atoms with Crippen molar-refractivity contribution in [1.29, 1.82) is 0 Å². The monoisotopic (exact) mass is 222 g/mol. The molecule has 16 heavy (non-hydrogen) atoms. The van der Waals surface area contributed by atoms with Crippen molar-refractivity contribution in [3.63, 3.8) is 0 Å². The highest BCUT2D eigenvalue weighted by molar-refractivity contribution is 5.70. The van der Waals surface area contributed by atoms with Crippen molar-refractivity contribution in [3.8, 4) is 5.75 Å². The van der Waals surface area contributed by atoms with E-state index >= 15 is 0 Å². The van der Waals surface area contributed by atoms with Crippen LogP contribution in [0.5, 0.6) is 5.75 Å². The Morgan fingerprint density at radius 3 is 2.50 bits per heavy atom.